The summed E-state index contributed by atoms with van der Waals surface area (Å²) in [5, 5.41) is 2.32. The maximum absolute atomic E-state index is 3.33. The molecule has 1 atom stereocenters. The van der Waals surface area contributed by atoms with Crippen LogP contribution in [-0.4, -0.2) is 4.57 Å². The minimum atomic E-state index is 0.292. The Kier molecular flexibility index (Phi) is 4.01. The van der Waals surface area contributed by atoms with Crippen LogP contribution < -0.4 is 4.90 Å². The maximum atomic E-state index is 3.33. The summed E-state index contributed by atoms with van der Waals surface area (Å²) < 4.78 is 2.33. The van der Waals surface area contributed by atoms with Crippen LogP contribution in [0.2, 0.25) is 0 Å². The van der Waals surface area contributed by atoms with Crippen LogP contribution in [0.1, 0.15) is 23.6 Å². The van der Waals surface area contributed by atoms with Crippen LogP contribution >= 0.6 is 0 Å². The molecule has 0 bridgehead atoms. The second kappa shape index (κ2) is 7.38. The van der Waals surface area contributed by atoms with Crippen molar-refractivity contribution in [3.63, 3.8) is 0 Å². The second-order valence-electron chi connectivity index (χ2n) is 9.58. The van der Waals surface area contributed by atoms with Crippen molar-refractivity contribution in [1.82, 2.24) is 4.57 Å². The standard InChI is InChI=1S/C34H22N2/c1-4-15-30-26(11-1)27-12-2-5-16-31(27)35(30)24-19-21-25(22-20-24)36-32-17-6-3-13-28(32)29-14-7-9-23-10-8-18-33(36)34(23)29/h1,3-11,13-17,19-22,33H,18H2. The van der Waals surface area contributed by atoms with E-state index in [9.17, 15) is 0 Å². The molecule has 0 saturated carbocycles. The van der Waals surface area contributed by atoms with Crippen LogP contribution in [0.3, 0.4) is 0 Å². The van der Waals surface area contributed by atoms with Crippen molar-refractivity contribution in [2.24, 2.45) is 0 Å². The van der Waals surface area contributed by atoms with Crippen LogP contribution in [0.5, 0.6) is 0 Å². The lowest BCUT2D eigenvalue weighted by molar-refractivity contribution is 0.696. The lowest BCUT2D eigenvalue weighted by atomic mass is 9.81. The molecule has 0 fully saturated rings. The summed E-state index contributed by atoms with van der Waals surface area (Å²) in [6.07, 6.45) is 5.60. The van der Waals surface area contributed by atoms with Crippen LogP contribution in [0, 0.1) is 12.1 Å². The van der Waals surface area contributed by atoms with Gasteiger partial charge in [-0.3, -0.25) is 0 Å². The van der Waals surface area contributed by atoms with Gasteiger partial charge in [-0.15, -0.1) is 0 Å². The van der Waals surface area contributed by atoms with Crippen LogP contribution in [0.4, 0.5) is 11.4 Å². The molecule has 0 radical (unpaired) electrons. The van der Waals surface area contributed by atoms with Crippen LogP contribution in [0.15, 0.2) is 109 Å². The van der Waals surface area contributed by atoms with E-state index in [-0.39, 0.29) is 0 Å². The first-order valence-corrected chi connectivity index (χ1v) is 12.5. The average molecular weight is 459 g/mol. The number of rotatable bonds is 2. The van der Waals surface area contributed by atoms with Gasteiger partial charge in [0.25, 0.3) is 0 Å². The van der Waals surface area contributed by atoms with E-state index in [4.69, 9.17) is 0 Å². The van der Waals surface area contributed by atoms with Gasteiger partial charge in [-0.05, 0) is 71.6 Å². The van der Waals surface area contributed by atoms with E-state index in [2.05, 4.69) is 131 Å². The molecule has 8 rings (SSSR count). The Hall–Kier alpha value is -4.74. The molecule has 0 spiro atoms. The van der Waals surface area contributed by atoms with Crippen molar-refractivity contribution in [2.75, 3.05) is 4.90 Å². The minimum absolute atomic E-state index is 0.292. The zero-order chi connectivity index (χ0) is 23.6. The Morgan fingerprint density at radius 2 is 1.50 bits per heavy atom. The summed E-state index contributed by atoms with van der Waals surface area (Å²) in [5.74, 6) is 0. The summed E-state index contributed by atoms with van der Waals surface area (Å²) in [5.41, 5.74) is 11.4. The third-order valence-electron chi connectivity index (χ3n) is 7.71. The Morgan fingerprint density at radius 1 is 0.694 bits per heavy atom. The molecule has 6 aromatic rings. The third kappa shape index (κ3) is 2.63. The molecule has 1 aliphatic heterocycles. The smallest absolute Gasteiger partial charge is 0.0638 e. The molecule has 2 heterocycles. The fourth-order valence-electron chi connectivity index (χ4n) is 6.23. The number of hydrogen-bond donors (Lipinski definition) is 0. The van der Waals surface area contributed by atoms with Gasteiger partial charge in [0.05, 0.1) is 22.5 Å². The molecule has 0 amide bonds. The van der Waals surface area contributed by atoms with Gasteiger partial charge in [-0.25, -0.2) is 0 Å². The van der Waals surface area contributed by atoms with Crippen molar-refractivity contribution in [3.05, 3.63) is 132 Å². The van der Waals surface area contributed by atoms with Crippen LogP contribution in [0.25, 0.3) is 44.7 Å². The zero-order valence-electron chi connectivity index (χ0n) is 19.6. The molecule has 1 aromatic heterocycles. The molecule has 168 valence electrons. The van der Waals surface area contributed by atoms with Crippen molar-refractivity contribution >= 4 is 39.3 Å². The number of para-hydroxylation sites is 2. The first-order valence-electron chi connectivity index (χ1n) is 12.5. The normalized spacial score (nSPS) is 15.6. The van der Waals surface area contributed by atoms with Crippen molar-refractivity contribution in [1.29, 1.82) is 0 Å². The van der Waals surface area contributed by atoms with E-state index in [0.29, 0.717) is 6.04 Å². The monoisotopic (exact) mass is 458 g/mol. The predicted octanol–water partition coefficient (Wildman–Crippen LogP) is 8.66. The summed E-state index contributed by atoms with van der Waals surface area (Å²) in [6.45, 7) is 0. The first kappa shape index (κ1) is 19.6. The first-order chi connectivity index (χ1) is 17.9. The van der Waals surface area contributed by atoms with Gasteiger partial charge in [-0.1, -0.05) is 78.9 Å². The van der Waals surface area contributed by atoms with Crippen LogP contribution in [-0.2, 0) is 0 Å². The minimum Gasteiger partial charge on any atom is -0.333 e. The number of hydrogen-bond acceptors (Lipinski definition) is 1. The van der Waals surface area contributed by atoms with Gasteiger partial charge in [-0.2, -0.15) is 0 Å². The molecule has 2 heteroatoms. The molecule has 5 aromatic carbocycles. The predicted molar refractivity (Wildman–Crippen MR) is 149 cm³/mol. The van der Waals surface area contributed by atoms with Crippen molar-refractivity contribution < 1.29 is 0 Å². The number of benzene rings is 4. The molecule has 0 saturated heterocycles. The number of aromatic nitrogens is 1. The Bertz CT molecular complexity index is 1770. The summed E-state index contributed by atoms with van der Waals surface area (Å²) in [7, 11) is 0. The molecule has 1 unspecified atom stereocenters. The molecular formula is C34H22N2. The van der Waals surface area contributed by atoms with Gasteiger partial charge >= 0.3 is 0 Å². The Morgan fingerprint density at radius 3 is 2.44 bits per heavy atom. The van der Waals surface area contributed by atoms with E-state index in [1.165, 1.54) is 44.5 Å². The van der Waals surface area contributed by atoms with E-state index >= 15 is 0 Å². The molecule has 2 aliphatic rings. The molecule has 0 N–H and O–H groups in total. The topological polar surface area (TPSA) is 8.17 Å². The fraction of sp³-hybridized carbons (Fsp3) is 0.0588. The highest BCUT2D eigenvalue weighted by atomic mass is 15.2. The van der Waals surface area contributed by atoms with E-state index in [1.54, 1.807) is 0 Å². The van der Waals surface area contributed by atoms with Gasteiger partial charge in [0.2, 0.25) is 0 Å². The number of nitrogens with zero attached hydrogens (tertiary/aromatic N) is 2. The molecular weight excluding hydrogens is 436 g/mol. The zero-order valence-corrected chi connectivity index (χ0v) is 19.6. The van der Waals surface area contributed by atoms with Gasteiger partial charge in [0, 0.05) is 28.0 Å². The highest BCUT2D eigenvalue weighted by Crippen LogP contribution is 2.52. The van der Waals surface area contributed by atoms with Gasteiger partial charge in [0.1, 0.15) is 0 Å². The quantitative estimate of drug-likeness (QED) is 0.252. The summed E-state index contributed by atoms with van der Waals surface area (Å²) >= 11 is 0. The largest absolute Gasteiger partial charge is 0.333 e. The third-order valence-corrected chi connectivity index (χ3v) is 7.71. The fourth-order valence-corrected chi connectivity index (χ4v) is 6.23. The summed E-state index contributed by atoms with van der Waals surface area (Å²) in [6, 6.07) is 44.0. The molecule has 1 aliphatic carbocycles. The molecule has 2 nitrogen and oxygen atoms in total. The van der Waals surface area contributed by atoms with Crippen molar-refractivity contribution in [3.8, 4) is 16.8 Å². The second-order valence-corrected chi connectivity index (χ2v) is 9.58. The SMILES string of the molecule is c1ccc2c(c#1)c1ccccc1n2-c1ccc(N2c3ccccc3-c3cccc4c3C2CC=C4)cc1. The average Bonchev–Trinajstić information content (AvgIpc) is 3.28. The van der Waals surface area contributed by atoms with Gasteiger partial charge < -0.3 is 9.47 Å². The Balaban J connectivity index is 1.30. The highest BCUT2D eigenvalue weighted by molar-refractivity contribution is 6.08. The van der Waals surface area contributed by atoms with E-state index in [1.807, 2.05) is 6.07 Å². The lowest BCUT2D eigenvalue weighted by Crippen LogP contribution is -2.29. The van der Waals surface area contributed by atoms with Crippen molar-refractivity contribution in [2.45, 2.75) is 12.5 Å². The lowest BCUT2D eigenvalue weighted by Gasteiger charge is -2.42. The maximum Gasteiger partial charge on any atom is 0.0638 e. The van der Waals surface area contributed by atoms with E-state index in [0.717, 1.165) is 23.0 Å². The number of anilines is 2. The number of fused-ring (bicyclic) bond motifs is 5. The molecule has 36 heavy (non-hydrogen) atoms. The highest BCUT2D eigenvalue weighted by Gasteiger charge is 2.33. The van der Waals surface area contributed by atoms with Gasteiger partial charge in [0.15, 0.2) is 0 Å². The summed E-state index contributed by atoms with van der Waals surface area (Å²) in [4.78, 5) is 2.53. The van der Waals surface area contributed by atoms with E-state index < -0.39 is 0 Å². The Labute approximate surface area is 210 Å².